The van der Waals surface area contributed by atoms with E-state index in [0.717, 1.165) is 30.0 Å². The number of hydrogen-bond acceptors (Lipinski definition) is 3. The van der Waals surface area contributed by atoms with E-state index in [0.29, 0.717) is 6.04 Å². The van der Waals surface area contributed by atoms with Crippen molar-refractivity contribution < 1.29 is 0 Å². The fourth-order valence-electron chi connectivity index (χ4n) is 3.88. The smallest absolute Gasteiger partial charge is 0.0411 e. The summed E-state index contributed by atoms with van der Waals surface area (Å²) in [7, 11) is 2.30. The standard InChI is InChI=1S/C17H26BrN3/c1-12(19)9-13-3-4-14(18)10-17(13)21-8-7-15-5-6-16(11-21)20(15)2/h3-4,10,12,15-16H,5-9,11,19H2,1-2H3. The lowest BCUT2D eigenvalue weighted by atomic mass is 10.0. The molecule has 3 atom stereocenters. The van der Waals surface area contributed by atoms with Crippen LogP contribution in [-0.4, -0.2) is 43.2 Å². The van der Waals surface area contributed by atoms with E-state index in [2.05, 4.69) is 57.9 Å². The van der Waals surface area contributed by atoms with Crippen molar-refractivity contribution in [1.82, 2.24) is 4.90 Å². The number of nitrogens with two attached hydrogens (primary N) is 1. The second kappa shape index (κ2) is 6.27. The summed E-state index contributed by atoms with van der Waals surface area (Å²) in [5, 5.41) is 0. The number of fused-ring (bicyclic) bond motifs is 2. The molecule has 1 aromatic rings. The number of rotatable bonds is 3. The molecule has 2 aliphatic heterocycles. The van der Waals surface area contributed by atoms with Gasteiger partial charge >= 0.3 is 0 Å². The zero-order chi connectivity index (χ0) is 15.0. The Morgan fingerprint density at radius 3 is 2.81 bits per heavy atom. The van der Waals surface area contributed by atoms with E-state index in [-0.39, 0.29) is 6.04 Å². The van der Waals surface area contributed by atoms with Crippen LogP contribution >= 0.6 is 15.9 Å². The van der Waals surface area contributed by atoms with Gasteiger partial charge in [-0.05, 0) is 57.4 Å². The molecular weight excluding hydrogens is 326 g/mol. The maximum Gasteiger partial charge on any atom is 0.0411 e. The molecule has 0 aliphatic carbocycles. The summed E-state index contributed by atoms with van der Waals surface area (Å²) < 4.78 is 1.16. The minimum absolute atomic E-state index is 0.205. The van der Waals surface area contributed by atoms with E-state index in [4.69, 9.17) is 5.73 Å². The van der Waals surface area contributed by atoms with Gasteiger partial charge in [-0.25, -0.2) is 0 Å². The van der Waals surface area contributed by atoms with Crippen LogP contribution in [0, 0.1) is 0 Å². The quantitative estimate of drug-likeness (QED) is 0.908. The average molecular weight is 352 g/mol. The molecule has 1 aromatic carbocycles. The number of nitrogens with zero attached hydrogens (tertiary/aromatic N) is 2. The number of anilines is 1. The molecule has 2 heterocycles. The van der Waals surface area contributed by atoms with Gasteiger partial charge in [-0.15, -0.1) is 0 Å². The molecule has 3 nitrogen and oxygen atoms in total. The fraction of sp³-hybridized carbons (Fsp3) is 0.647. The third-order valence-corrected chi connectivity index (χ3v) is 5.57. The van der Waals surface area contributed by atoms with Gasteiger partial charge in [0, 0.05) is 41.4 Å². The minimum Gasteiger partial charge on any atom is -0.370 e. The molecule has 3 unspecified atom stereocenters. The Hall–Kier alpha value is -0.580. The van der Waals surface area contributed by atoms with Gasteiger partial charge in [0.1, 0.15) is 0 Å². The van der Waals surface area contributed by atoms with Crippen molar-refractivity contribution in [3.05, 3.63) is 28.2 Å². The van der Waals surface area contributed by atoms with Crippen LogP contribution in [0.15, 0.2) is 22.7 Å². The van der Waals surface area contributed by atoms with Crippen molar-refractivity contribution in [2.24, 2.45) is 5.73 Å². The largest absolute Gasteiger partial charge is 0.370 e. The Bertz CT molecular complexity index is 503. The first-order valence-electron chi connectivity index (χ1n) is 8.05. The second-order valence-electron chi connectivity index (χ2n) is 6.74. The average Bonchev–Trinajstić information content (AvgIpc) is 2.65. The summed E-state index contributed by atoms with van der Waals surface area (Å²) in [6.45, 7) is 4.40. The van der Waals surface area contributed by atoms with Gasteiger partial charge in [0.25, 0.3) is 0 Å². The predicted molar refractivity (Wildman–Crippen MR) is 92.9 cm³/mol. The molecular formula is C17H26BrN3. The number of likely N-dealkylation sites (N-methyl/N-ethyl adjacent to an activating group) is 1. The predicted octanol–water partition coefficient (Wildman–Crippen LogP) is 3.01. The summed E-state index contributed by atoms with van der Waals surface area (Å²) in [4.78, 5) is 5.19. The lowest BCUT2D eigenvalue weighted by Crippen LogP contribution is -2.37. The Morgan fingerprint density at radius 1 is 1.29 bits per heavy atom. The zero-order valence-electron chi connectivity index (χ0n) is 13.1. The van der Waals surface area contributed by atoms with Crippen molar-refractivity contribution in [3.63, 3.8) is 0 Å². The SMILES string of the molecule is CC(N)Cc1ccc(Br)cc1N1CCC2CCC(C1)N2C. The van der Waals surface area contributed by atoms with E-state index in [1.54, 1.807) is 0 Å². The molecule has 0 amide bonds. The van der Waals surface area contributed by atoms with Crippen molar-refractivity contribution in [2.45, 2.75) is 50.7 Å². The van der Waals surface area contributed by atoms with Crippen LogP contribution in [0.2, 0.25) is 0 Å². The Morgan fingerprint density at radius 2 is 2.05 bits per heavy atom. The maximum absolute atomic E-state index is 6.04. The van der Waals surface area contributed by atoms with Crippen molar-refractivity contribution in [2.75, 3.05) is 25.0 Å². The lowest BCUT2D eigenvalue weighted by Gasteiger charge is -2.30. The summed E-state index contributed by atoms with van der Waals surface area (Å²) in [6.07, 6.45) is 4.94. The third-order valence-electron chi connectivity index (χ3n) is 5.08. The Labute approximate surface area is 136 Å². The Balaban J connectivity index is 1.87. The molecule has 2 fully saturated rings. The van der Waals surface area contributed by atoms with Crippen LogP contribution in [0.25, 0.3) is 0 Å². The third kappa shape index (κ3) is 3.27. The molecule has 0 spiro atoms. The second-order valence-corrected chi connectivity index (χ2v) is 7.66. The molecule has 2 bridgehead atoms. The van der Waals surface area contributed by atoms with Gasteiger partial charge in [-0.1, -0.05) is 22.0 Å². The molecule has 0 aromatic heterocycles. The van der Waals surface area contributed by atoms with Crippen LogP contribution in [0.5, 0.6) is 0 Å². The molecule has 0 saturated carbocycles. The van der Waals surface area contributed by atoms with E-state index >= 15 is 0 Å². The number of benzene rings is 1. The molecule has 2 aliphatic rings. The van der Waals surface area contributed by atoms with Crippen LogP contribution in [0.1, 0.15) is 31.7 Å². The molecule has 0 radical (unpaired) electrons. The highest BCUT2D eigenvalue weighted by Gasteiger charge is 2.35. The molecule has 4 heteroatoms. The van der Waals surface area contributed by atoms with Gasteiger partial charge in [-0.2, -0.15) is 0 Å². The summed E-state index contributed by atoms with van der Waals surface area (Å²) >= 11 is 3.63. The normalized spacial score (nSPS) is 27.7. The summed E-state index contributed by atoms with van der Waals surface area (Å²) in [5.74, 6) is 0. The lowest BCUT2D eigenvalue weighted by molar-refractivity contribution is 0.254. The summed E-state index contributed by atoms with van der Waals surface area (Å²) in [6, 6.07) is 8.34. The van der Waals surface area contributed by atoms with E-state index in [1.165, 1.54) is 30.5 Å². The van der Waals surface area contributed by atoms with Gasteiger partial charge in [0.15, 0.2) is 0 Å². The van der Waals surface area contributed by atoms with Crippen molar-refractivity contribution in [1.29, 1.82) is 0 Å². The fourth-order valence-corrected chi connectivity index (χ4v) is 4.23. The van der Waals surface area contributed by atoms with Crippen molar-refractivity contribution in [3.8, 4) is 0 Å². The van der Waals surface area contributed by atoms with Gasteiger partial charge in [-0.3, -0.25) is 4.90 Å². The first-order valence-corrected chi connectivity index (χ1v) is 8.85. The van der Waals surface area contributed by atoms with E-state index in [9.17, 15) is 0 Å². The zero-order valence-corrected chi connectivity index (χ0v) is 14.6. The maximum atomic E-state index is 6.04. The highest BCUT2D eigenvalue weighted by Crippen LogP contribution is 2.33. The number of hydrogen-bond donors (Lipinski definition) is 1. The van der Waals surface area contributed by atoms with E-state index in [1.807, 2.05) is 0 Å². The monoisotopic (exact) mass is 351 g/mol. The highest BCUT2D eigenvalue weighted by molar-refractivity contribution is 9.10. The van der Waals surface area contributed by atoms with Gasteiger partial charge < -0.3 is 10.6 Å². The number of halogens is 1. The first kappa shape index (κ1) is 15.3. The minimum atomic E-state index is 0.205. The Kier molecular flexibility index (Phi) is 4.57. The molecule has 2 N–H and O–H groups in total. The van der Waals surface area contributed by atoms with Crippen LogP contribution < -0.4 is 10.6 Å². The highest BCUT2D eigenvalue weighted by atomic mass is 79.9. The molecule has 116 valence electrons. The summed E-state index contributed by atoms with van der Waals surface area (Å²) in [5.41, 5.74) is 8.80. The van der Waals surface area contributed by atoms with Crippen LogP contribution in [-0.2, 0) is 6.42 Å². The van der Waals surface area contributed by atoms with Crippen molar-refractivity contribution >= 4 is 21.6 Å². The molecule has 2 saturated heterocycles. The van der Waals surface area contributed by atoms with Gasteiger partial charge in [0.05, 0.1) is 0 Å². The van der Waals surface area contributed by atoms with E-state index < -0.39 is 0 Å². The topological polar surface area (TPSA) is 32.5 Å². The molecule has 3 rings (SSSR count). The molecule has 21 heavy (non-hydrogen) atoms. The van der Waals surface area contributed by atoms with Crippen LogP contribution in [0.4, 0.5) is 5.69 Å². The van der Waals surface area contributed by atoms with Crippen LogP contribution in [0.3, 0.4) is 0 Å². The van der Waals surface area contributed by atoms with Gasteiger partial charge in [0.2, 0.25) is 0 Å². The first-order chi connectivity index (χ1) is 10.0.